The Morgan fingerprint density at radius 2 is 2.05 bits per heavy atom. The molecule has 0 aliphatic heterocycles. The summed E-state index contributed by atoms with van der Waals surface area (Å²) in [4.78, 5) is 0.117. The molecule has 0 radical (unpaired) electrons. The monoisotopic (exact) mass is 293 g/mol. The number of rotatable bonds is 6. The van der Waals surface area contributed by atoms with Crippen molar-refractivity contribution in [3.63, 3.8) is 0 Å². The molecule has 0 saturated carbocycles. The molecule has 6 heteroatoms. The zero-order chi connectivity index (χ0) is 14.6. The van der Waals surface area contributed by atoms with Crippen LogP contribution in [-0.4, -0.2) is 13.0 Å². The van der Waals surface area contributed by atoms with Gasteiger partial charge in [-0.2, -0.15) is 0 Å². The third-order valence-electron chi connectivity index (χ3n) is 3.02. The van der Waals surface area contributed by atoms with Gasteiger partial charge in [0.05, 0.1) is 11.4 Å². The minimum absolute atomic E-state index is 0.117. The summed E-state index contributed by atoms with van der Waals surface area (Å²) in [6, 6.07) is 10.6. The van der Waals surface area contributed by atoms with Crippen LogP contribution in [0.2, 0.25) is 0 Å². The largest absolute Gasteiger partial charge is 0.379 e. The Morgan fingerprint density at radius 1 is 1.25 bits per heavy atom. The molecule has 1 aromatic carbocycles. The van der Waals surface area contributed by atoms with Gasteiger partial charge in [-0.3, -0.25) is 0 Å². The fourth-order valence-corrected chi connectivity index (χ4v) is 2.60. The van der Waals surface area contributed by atoms with E-state index < -0.39 is 10.0 Å². The molecule has 0 fully saturated rings. The lowest BCUT2D eigenvalue weighted by atomic mass is 10.3. The van der Waals surface area contributed by atoms with Gasteiger partial charge in [0.15, 0.2) is 0 Å². The van der Waals surface area contributed by atoms with Crippen LogP contribution in [0.15, 0.2) is 47.5 Å². The quantitative estimate of drug-likeness (QED) is 0.856. The van der Waals surface area contributed by atoms with Crippen molar-refractivity contribution >= 4 is 15.7 Å². The zero-order valence-electron chi connectivity index (χ0n) is 11.4. The molecule has 0 unspecified atom stereocenters. The maximum absolute atomic E-state index is 11.3. The van der Waals surface area contributed by atoms with Crippen LogP contribution >= 0.6 is 0 Å². The summed E-state index contributed by atoms with van der Waals surface area (Å²) in [5, 5.41) is 8.34. The van der Waals surface area contributed by atoms with Crippen LogP contribution in [0.4, 0.5) is 5.69 Å². The second-order valence-electron chi connectivity index (χ2n) is 4.62. The lowest BCUT2D eigenvalue weighted by Crippen LogP contribution is -2.12. The molecule has 108 valence electrons. The highest BCUT2D eigenvalue weighted by atomic mass is 32.2. The Morgan fingerprint density at radius 3 is 2.75 bits per heavy atom. The van der Waals surface area contributed by atoms with Gasteiger partial charge in [-0.05, 0) is 36.8 Å². The molecule has 5 nitrogen and oxygen atoms in total. The Hall–Kier alpha value is -1.79. The molecule has 1 aromatic heterocycles. The highest BCUT2D eigenvalue weighted by Gasteiger charge is 2.08. The summed E-state index contributed by atoms with van der Waals surface area (Å²) in [5.74, 6) is 0. The standard InChI is InChI=1S/C14H19N3O2S/c1-2-8-17-9-4-6-13(17)11-16-12-5-3-7-14(10-12)20(15,18)19/h3-7,9-10,16H,2,8,11H2,1H3,(H2,15,18,19). The van der Waals surface area contributed by atoms with Crippen molar-refractivity contribution in [2.45, 2.75) is 31.3 Å². The first-order chi connectivity index (χ1) is 9.50. The third kappa shape index (κ3) is 3.61. The Labute approximate surface area is 119 Å². The van der Waals surface area contributed by atoms with Gasteiger partial charge < -0.3 is 9.88 Å². The minimum atomic E-state index is -3.66. The van der Waals surface area contributed by atoms with Crippen LogP contribution in [0.5, 0.6) is 0 Å². The zero-order valence-corrected chi connectivity index (χ0v) is 12.2. The molecule has 0 atom stereocenters. The number of sulfonamides is 1. The number of nitrogens with zero attached hydrogens (tertiary/aromatic N) is 1. The van der Waals surface area contributed by atoms with Crippen LogP contribution in [0.3, 0.4) is 0 Å². The molecule has 0 spiro atoms. The van der Waals surface area contributed by atoms with Gasteiger partial charge in [-0.25, -0.2) is 13.6 Å². The summed E-state index contributed by atoms with van der Waals surface area (Å²) in [6.45, 7) is 3.75. The van der Waals surface area contributed by atoms with Crippen molar-refractivity contribution in [1.29, 1.82) is 0 Å². The van der Waals surface area contributed by atoms with E-state index in [2.05, 4.69) is 16.8 Å². The maximum atomic E-state index is 11.3. The van der Waals surface area contributed by atoms with E-state index in [1.54, 1.807) is 12.1 Å². The summed E-state index contributed by atoms with van der Waals surface area (Å²) >= 11 is 0. The normalized spacial score (nSPS) is 11.5. The maximum Gasteiger partial charge on any atom is 0.238 e. The number of primary sulfonamides is 1. The van der Waals surface area contributed by atoms with Crippen LogP contribution in [-0.2, 0) is 23.1 Å². The molecule has 0 aliphatic carbocycles. The fourth-order valence-electron chi connectivity index (χ4n) is 2.04. The number of anilines is 1. The highest BCUT2D eigenvalue weighted by molar-refractivity contribution is 7.89. The van der Waals surface area contributed by atoms with Gasteiger partial charge in [0, 0.05) is 24.1 Å². The SMILES string of the molecule is CCCn1cccc1CNc1cccc(S(N)(=O)=O)c1. The first-order valence-corrected chi connectivity index (χ1v) is 8.06. The molecule has 0 aliphatic rings. The smallest absolute Gasteiger partial charge is 0.238 e. The highest BCUT2D eigenvalue weighted by Crippen LogP contribution is 2.15. The number of nitrogens with two attached hydrogens (primary N) is 1. The average molecular weight is 293 g/mol. The molecule has 20 heavy (non-hydrogen) atoms. The van der Waals surface area contributed by atoms with E-state index in [0.717, 1.165) is 24.3 Å². The number of hydrogen-bond acceptors (Lipinski definition) is 3. The van der Waals surface area contributed by atoms with Gasteiger partial charge in [0.2, 0.25) is 10.0 Å². The van der Waals surface area contributed by atoms with Crippen molar-refractivity contribution < 1.29 is 8.42 Å². The predicted octanol–water partition coefficient (Wildman–Crippen LogP) is 2.16. The van der Waals surface area contributed by atoms with Gasteiger partial charge in [0.1, 0.15) is 0 Å². The molecule has 1 heterocycles. The Bertz CT molecular complexity index is 677. The van der Waals surface area contributed by atoms with Gasteiger partial charge in [0.25, 0.3) is 0 Å². The number of hydrogen-bond donors (Lipinski definition) is 2. The number of nitrogens with one attached hydrogen (secondary N) is 1. The molecular formula is C14H19N3O2S. The summed E-state index contributed by atoms with van der Waals surface area (Å²) in [5.41, 5.74) is 1.90. The Balaban J connectivity index is 2.09. The van der Waals surface area contributed by atoms with Crippen molar-refractivity contribution in [2.24, 2.45) is 5.14 Å². The Kier molecular flexibility index (Phi) is 4.46. The van der Waals surface area contributed by atoms with Crippen LogP contribution in [0.1, 0.15) is 19.0 Å². The second kappa shape index (κ2) is 6.11. The molecule has 3 N–H and O–H groups in total. The number of aryl methyl sites for hydroxylation is 1. The summed E-state index contributed by atoms with van der Waals surface area (Å²) in [6.07, 6.45) is 3.11. The van der Waals surface area contributed by atoms with Crippen LogP contribution < -0.4 is 10.5 Å². The third-order valence-corrected chi connectivity index (χ3v) is 3.94. The van der Waals surface area contributed by atoms with E-state index in [-0.39, 0.29) is 4.90 Å². The first-order valence-electron chi connectivity index (χ1n) is 6.51. The fraction of sp³-hybridized carbons (Fsp3) is 0.286. The topological polar surface area (TPSA) is 77.1 Å². The van der Waals surface area contributed by atoms with Crippen molar-refractivity contribution in [2.75, 3.05) is 5.32 Å². The van der Waals surface area contributed by atoms with Crippen molar-refractivity contribution in [3.8, 4) is 0 Å². The number of aromatic nitrogens is 1. The van der Waals surface area contributed by atoms with Crippen LogP contribution in [0.25, 0.3) is 0 Å². The van der Waals surface area contributed by atoms with Crippen LogP contribution in [0, 0.1) is 0 Å². The molecule has 2 aromatic rings. The molecule has 0 saturated heterocycles. The van der Waals surface area contributed by atoms with Gasteiger partial charge in [-0.1, -0.05) is 13.0 Å². The van der Waals surface area contributed by atoms with E-state index in [9.17, 15) is 8.42 Å². The van der Waals surface area contributed by atoms with E-state index in [1.807, 2.05) is 24.4 Å². The van der Waals surface area contributed by atoms with Crippen molar-refractivity contribution in [3.05, 3.63) is 48.3 Å². The van der Waals surface area contributed by atoms with E-state index in [4.69, 9.17) is 5.14 Å². The lowest BCUT2D eigenvalue weighted by molar-refractivity contribution is 0.598. The van der Waals surface area contributed by atoms with E-state index in [0.29, 0.717) is 6.54 Å². The molecule has 0 bridgehead atoms. The predicted molar refractivity (Wildman–Crippen MR) is 79.9 cm³/mol. The first kappa shape index (κ1) is 14.6. The molecule has 2 rings (SSSR count). The molecular weight excluding hydrogens is 274 g/mol. The van der Waals surface area contributed by atoms with E-state index in [1.165, 1.54) is 6.07 Å². The van der Waals surface area contributed by atoms with Gasteiger partial charge >= 0.3 is 0 Å². The minimum Gasteiger partial charge on any atom is -0.379 e. The van der Waals surface area contributed by atoms with Gasteiger partial charge in [-0.15, -0.1) is 0 Å². The average Bonchev–Trinajstić information content (AvgIpc) is 2.84. The number of benzene rings is 1. The molecule has 0 amide bonds. The lowest BCUT2D eigenvalue weighted by Gasteiger charge is -2.11. The second-order valence-corrected chi connectivity index (χ2v) is 6.18. The van der Waals surface area contributed by atoms with Crippen molar-refractivity contribution in [1.82, 2.24) is 4.57 Å². The summed E-state index contributed by atoms with van der Waals surface area (Å²) < 4.78 is 24.8. The summed E-state index contributed by atoms with van der Waals surface area (Å²) in [7, 11) is -3.66. The van der Waals surface area contributed by atoms with E-state index >= 15 is 0 Å².